The van der Waals surface area contributed by atoms with Gasteiger partial charge in [-0.15, -0.1) is 6.42 Å². The summed E-state index contributed by atoms with van der Waals surface area (Å²) in [6.45, 7) is 6.69. The van der Waals surface area contributed by atoms with Crippen molar-refractivity contribution in [3.05, 3.63) is 35.9 Å². The van der Waals surface area contributed by atoms with Gasteiger partial charge in [-0.25, -0.2) is 0 Å². The van der Waals surface area contributed by atoms with Crippen LogP contribution in [0.1, 0.15) is 70.8 Å². The Morgan fingerprint density at radius 3 is 1.93 bits per heavy atom. The largest absolute Gasteiger partial charge is 1.00 e. The second kappa shape index (κ2) is 15.9. The lowest BCUT2D eigenvalue weighted by Gasteiger charge is -2.44. The van der Waals surface area contributed by atoms with E-state index in [2.05, 4.69) is 72.7 Å². The van der Waals surface area contributed by atoms with Crippen molar-refractivity contribution in [3.63, 3.8) is 0 Å². The standard InChI is InChI=1S/C23H36ClIN.ClH/c1-4-7-9-14-18-26(23(25)6-3,19-15-10-8-5-2)22(24)20-21-16-12-11-13-17-21;/h3,11-13,16-17,22-23H,4-5,7-10,14-15,18-20H2,1-2H3;1H/q+1;/p-1. The molecule has 1 aromatic carbocycles. The molecule has 27 heavy (non-hydrogen) atoms. The Morgan fingerprint density at radius 1 is 0.963 bits per heavy atom. The van der Waals surface area contributed by atoms with Crippen LogP contribution in [0.15, 0.2) is 30.3 Å². The van der Waals surface area contributed by atoms with Crippen molar-refractivity contribution in [3.8, 4) is 12.3 Å². The van der Waals surface area contributed by atoms with Gasteiger partial charge in [0.2, 0.25) is 4.05 Å². The predicted octanol–water partition coefficient (Wildman–Crippen LogP) is 4.17. The Balaban J connectivity index is 0.00000676. The van der Waals surface area contributed by atoms with Crippen molar-refractivity contribution in [2.75, 3.05) is 13.1 Å². The van der Waals surface area contributed by atoms with Gasteiger partial charge in [-0.1, -0.05) is 81.5 Å². The van der Waals surface area contributed by atoms with Gasteiger partial charge >= 0.3 is 0 Å². The molecule has 0 N–H and O–H groups in total. The fourth-order valence-electron chi connectivity index (χ4n) is 3.57. The highest BCUT2D eigenvalue weighted by atomic mass is 127. The zero-order valence-electron chi connectivity index (χ0n) is 17.0. The number of halogens is 3. The second-order valence-electron chi connectivity index (χ2n) is 7.30. The Hall–Kier alpha value is 0.0500. The molecule has 0 aliphatic heterocycles. The third-order valence-electron chi connectivity index (χ3n) is 5.25. The summed E-state index contributed by atoms with van der Waals surface area (Å²) in [7, 11) is 0. The fraction of sp³-hybridized carbons (Fsp3) is 0.652. The number of benzene rings is 1. The minimum Gasteiger partial charge on any atom is -1.00 e. The smallest absolute Gasteiger partial charge is 0.201 e. The molecule has 2 unspecified atom stereocenters. The van der Waals surface area contributed by atoms with E-state index in [1.807, 2.05) is 0 Å². The molecule has 4 heteroatoms. The normalized spacial score (nSPS) is 13.4. The van der Waals surface area contributed by atoms with Crippen LogP contribution >= 0.6 is 34.2 Å². The molecular weight excluding hydrogens is 488 g/mol. The summed E-state index contributed by atoms with van der Waals surface area (Å²) in [4.78, 5) is 0. The number of quaternary nitrogens is 1. The van der Waals surface area contributed by atoms with Gasteiger partial charge in [0.25, 0.3) is 0 Å². The van der Waals surface area contributed by atoms with Crippen LogP contribution in [0.4, 0.5) is 0 Å². The maximum Gasteiger partial charge on any atom is 0.201 e. The number of rotatable bonds is 14. The van der Waals surface area contributed by atoms with Gasteiger partial charge in [-0.2, -0.15) is 0 Å². The van der Waals surface area contributed by atoms with Crippen LogP contribution in [0.25, 0.3) is 0 Å². The van der Waals surface area contributed by atoms with Crippen LogP contribution in [0, 0.1) is 12.3 Å². The molecule has 0 aliphatic rings. The number of unbranched alkanes of at least 4 members (excludes halogenated alkanes) is 6. The first-order chi connectivity index (χ1) is 12.6. The molecule has 154 valence electrons. The Bertz CT molecular complexity index is 503. The number of terminal acetylenes is 1. The molecule has 0 bridgehead atoms. The highest BCUT2D eigenvalue weighted by Gasteiger charge is 2.40. The lowest BCUT2D eigenvalue weighted by atomic mass is 10.1. The third kappa shape index (κ3) is 9.39. The number of alkyl halides is 2. The molecule has 0 radical (unpaired) electrons. The Kier molecular flexibility index (Phi) is 15.9. The minimum absolute atomic E-state index is 0. The fourth-order valence-corrected chi connectivity index (χ4v) is 5.19. The molecule has 1 rings (SSSR count). The molecule has 0 spiro atoms. The van der Waals surface area contributed by atoms with Crippen molar-refractivity contribution in [2.24, 2.45) is 0 Å². The first kappa shape index (κ1) is 27.0. The van der Waals surface area contributed by atoms with Crippen LogP contribution in [-0.2, 0) is 6.42 Å². The van der Waals surface area contributed by atoms with Crippen molar-refractivity contribution >= 4 is 34.2 Å². The van der Waals surface area contributed by atoms with E-state index in [4.69, 9.17) is 18.0 Å². The van der Waals surface area contributed by atoms with E-state index in [-0.39, 0.29) is 22.0 Å². The highest BCUT2D eigenvalue weighted by Crippen LogP contribution is 2.31. The van der Waals surface area contributed by atoms with Gasteiger partial charge in [-0.3, -0.25) is 4.48 Å². The lowest BCUT2D eigenvalue weighted by Crippen LogP contribution is -3.00. The van der Waals surface area contributed by atoms with Gasteiger partial charge in [0.1, 0.15) is 0 Å². The van der Waals surface area contributed by atoms with Crippen molar-refractivity contribution in [1.82, 2.24) is 0 Å². The van der Waals surface area contributed by atoms with E-state index in [1.54, 1.807) is 0 Å². The maximum absolute atomic E-state index is 7.11. The van der Waals surface area contributed by atoms with Gasteiger partial charge in [-0.05, 0) is 37.2 Å². The van der Waals surface area contributed by atoms with E-state index < -0.39 is 0 Å². The third-order valence-corrected chi connectivity index (χ3v) is 7.26. The number of hydrogen-bond acceptors (Lipinski definition) is 0. The van der Waals surface area contributed by atoms with E-state index >= 15 is 0 Å². The molecule has 0 heterocycles. The van der Waals surface area contributed by atoms with E-state index in [9.17, 15) is 0 Å². The zero-order valence-corrected chi connectivity index (χ0v) is 20.6. The zero-order chi connectivity index (χ0) is 19.3. The first-order valence-electron chi connectivity index (χ1n) is 10.2. The highest BCUT2D eigenvalue weighted by molar-refractivity contribution is 14.1. The number of hydrogen-bond donors (Lipinski definition) is 0. The molecule has 0 saturated carbocycles. The summed E-state index contributed by atoms with van der Waals surface area (Å²) in [6.07, 6.45) is 16.9. The van der Waals surface area contributed by atoms with E-state index in [1.165, 1.54) is 56.9 Å². The summed E-state index contributed by atoms with van der Waals surface area (Å²) in [5.41, 5.74) is 1.33. The van der Waals surface area contributed by atoms with Gasteiger partial charge in [0, 0.05) is 29.0 Å². The SMILES string of the molecule is C#CC(I)[N+](CCCCCC)(CCCCCC)C(Cl)Cc1ccccc1.[Cl-]. The van der Waals surface area contributed by atoms with Crippen LogP contribution in [0.2, 0.25) is 0 Å². The molecule has 0 fully saturated rings. The molecule has 0 aromatic heterocycles. The van der Waals surface area contributed by atoms with E-state index in [0.29, 0.717) is 0 Å². The molecule has 2 atom stereocenters. The van der Waals surface area contributed by atoms with E-state index in [0.717, 1.165) is 24.0 Å². The molecule has 1 aromatic rings. The van der Waals surface area contributed by atoms with Gasteiger partial charge in [0.15, 0.2) is 5.50 Å². The molecule has 0 aliphatic carbocycles. The average molecular weight is 524 g/mol. The van der Waals surface area contributed by atoms with Crippen molar-refractivity contribution < 1.29 is 16.9 Å². The summed E-state index contributed by atoms with van der Waals surface area (Å²) < 4.78 is 0.975. The van der Waals surface area contributed by atoms with Gasteiger partial charge < -0.3 is 12.4 Å². The lowest BCUT2D eigenvalue weighted by molar-refractivity contribution is -0.938. The Morgan fingerprint density at radius 2 is 1.48 bits per heavy atom. The summed E-state index contributed by atoms with van der Waals surface area (Å²) in [5.74, 6) is 3.03. The maximum atomic E-state index is 7.11. The molecule has 0 saturated heterocycles. The molecule has 1 nitrogen and oxygen atoms in total. The van der Waals surface area contributed by atoms with Crippen LogP contribution in [-0.4, -0.2) is 27.1 Å². The average Bonchev–Trinajstić information content (AvgIpc) is 2.67. The predicted molar refractivity (Wildman–Crippen MR) is 125 cm³/mol. The monoisotopic (exact) mass is 523 g/mol. The number of nitrogens with zero attached hydrogens (tertiary/aromatic N) is 1. The van der Waals surface area contributed by atoms with Gasteiger partial charge in [0.05, 0.1) is 13.1 Å². The van der Waals surface area contributed by atoms with Crippen molar-refractivity contribution in [1.29, 1.82) is 0 Å². The topological polar surface area (TPSA) is 0 Å². The Labute approximate surface area is 192 Å². The molecule has 0 amide bonds. The second-order valence-corrected chi connectivity index (χ2v) is 8.98. The van der Waals surface area contributed by atoms with Crippen LogP contribution < -0.4 is 12.4 Å². The first-order valence-corrected chi connectivity index (χ1v) is 11.9. The van der Waals surface area contributed by atoms with Crippen molar-refractivity contribution in [2.45, 2.75) is 81.2 Å². The van der Waals surface area contributed by atoms with Crippen LogP contribution in [0.3, 0.4) is 0 Å². The molecular formula is C23H36Cl2IN. The summed E-state index contributed by atoms with van der Waals surface area (Å²) >= 11 is 9.56. The summed E-state index contributed by atoms with van der Waals surface area (Å²) in [5, 5.41) is 0. The summed E-state index contributed by atoms with van der Waals surface area (Å²) in [6, 6.07) is 10.6. The minimum atomic E-state index is 0. The van der Waals surface area contributed by atoms with Crippen LogP contribution in [0.5, 0.6) is 0 Å². The quantitative estimate of drug-likeness (QED) is 0.0857.